The molecule has 7 nitrogen and oxygen atoms in total. The Balaban J connectivity index is 1.74. The predicted molar refractivity (Wildman–Crippen MR) is 89.8 cm³/mol. The monoisotopic (exact) mass is 384 g/mol. The van der Waals surface area contributed by atoms with E-state index in [0.717, 1.165) is 22.7 Å². The zero-order chi connectivity index (χ0) is 18.0. The summed E-state index contributed by atoms with van der Waals surface area (Å²) in [5, 5.41) is 6.63. The molecule has 1 amide bonds. The molecule has 10 heteroatoms. The smallest absolute Gasteiger partial charge is 0.243 e. The Labute approximate surface area is 149 Å². The third-order valence-electron chi connectivity index (χ3n) is 4.10. The number of nitrogens with zero attached hydrogens (tertiary/aromatic N) is 3. The second kappa shape index (κ2) is 7.14. The number of hydrogen-bond donors (Lipinski definition) is 1. The molecule has 1 N–H and O–H groups in total. The van der Waals surface area contributed by atoms with E-state index < -0.39 is 21.9 Å². The van der Waals surface area contributed by atoms with Gasteiger partial charge < -0.3 is 5.32 Å². The summed E-state index contributed by atoms with van der Waals surface area (Å²) in [6.45, 7) is 2.33. The highest BCUT2D eigenvalue weighted by molar-refractivity contribution is 7.89. The van der Waals surface area contributed by atoms with E-state index in [-0.39, 0.29) is 23.9 Å². The van der Waals surface area contributed by atoms with Crippen molar-refractivity contribution >= 4 is 27.5 Å². The van der Waals surface area contributed by atoms with Crippen LogP contribution in [0.3, 0.4) is 0 Å². The van der Waals surface area contributed by atoms with Crippen LogP contribution in [-0.4, -0.2) is 40.8 Å². The lowest BCUT2D eigenvalue weighted by atomic mass is 10.2. The maximum absolute atomic E-state index is 13.0. The molecule has 0 bridgehead atoms. The molecule has 2 aromatic rings. The molecule has 1 saturated heterocycles. The maximum atomic E-state index is 13.0. The molecule has 3 rings (SSSR count). The van der Waals surface area contributed by atoms with Gasteiger partial charge in [-0.15, -0.1) is 5.10 Å². The fourth-order valence-electron chi connectivity index (χ4n) is 2.73. The van der Waals surface area contributed by atoms with Gasteiger partial charge in [0.2, 0.25) is 15.9 Å². The lowest BCUT2D eigenvalue weighted by molar-refractivity contribution is -0.124. The van der Waals surface area contributed by atoms with Crippen molar-refractivity contribution in [2.24, 2.45) is 0 Å². The van der Waals surface area contributed by atoms with Crippen LogP contribution in [0.5, 0.6) is 0 Å². The minimum absolute atomic E-state index is 0.0175. The van der Waals surface area contributed by atoms with E-state index in [1.54, 1.807) is 6.92 Å². The van der Waals surface area contributed by atoms with Crippen molar-refractivity contribution < 1.29 is 17.6 Å². The van der Waals surface area contributed by atoms with Crippen LogP contribution in [0.4, 0.5) is 4.39 Å². The first-order valence-electron chi connectivity index (χ1n) is 7.72. The second-order valence-corrected chi connectivity index (χ2v) is 8.46. The molecule has 0 aliphatic carbocycles. The van der Waals surface area contributed by atoms with E-state index in [2.05, 4.69) is 14.9 Å². The molecule has 0 spiro atoms. The second-order valence-electron chi connectivity index (χ2n) is 5.73. The summed E-state index contributed by atoms with van der Waals surface area (Å²) in [7, 11) is -3.85. The number of amides is 1. The fraction of sp³-hybridized carbons (Fsp3) is 0.400. The van der Waals surface area contributed by atoms with Crippen LogP contribution in [0.15, 0.2) is 29.2 Å². The van der Waals surface area contributed by atoms with Crippen molar-refractivity contribution in [3.63, 3.8) is 0 Å². The molecule has 0 radical (unpaired) electrons. The predicted octanol–water partition coefficient (Wildman–Crippen LogP) is 1.46. The zero-order valence-electron chi connectivity index (χ0n) is 13.5. The number of halogens is 1. The van der Waals surface area contributed by atoms with Gasteiger partial charge >= 0.3 is 0 Å². The van der Waals surface area contributed by atoms with Gasteiger partial charge in [0.05, 0.1) is 22.0 Å². The first-order valence-corrected chi connectivity index (χ1v) is 9.94. The third kappa shape index (κ3) is 3.70. The molecule has 1 fully saturated rings. The molecule has 2 heterocycles. The quantitative estimate of drug-likeness (QED) is 0.842. The highest BCUT2D eigenvalue weighted by Crippen LogP contribution is 2.26. The molecule has 1 aliphatic rings. The number of aryl methyl sites for hydroxylation is 1. The number of benzene rings is 1. The van der Waals surface area contributed by atoms with E-state index in [4.69, 9.17) is 0 Å². The minimum atomic E-state index is -3.85. The summed E-state index contributed by atoms with van der Waals surface area (Å²) in [6.07, 6.45) is 1.05. The number of nitrogens with one attached hydrogen (secondary N) is 1. The summed E-state index contributed by atoms with van der Waals surface area (Å²) < 4.78 is 43.5. The SMILES string of the molecule is Cc1nnsc1CNC(=O)C1CCCN1S(=O)(=O)c1ccc(F)cc1. The van der Waals surface area contributed by atoms with Crippen molar-refractivity contribution in [2.75, 3.05) is 6.54 Å². The summed E-state index contributed by atoms with van der Waals surface area (Å²) in [5.74, 6) is -0.862. The van der Waals surface area contributed by atoms with Gasteiger partial charge in [-0.25, -0.2) is 12.8 Å². The largest absolute Gasteiger partial charge is 0.350 e. The highest BCUT2D eigenvalue weighted by atomic mass is 32.2. The molecule has 25 heavy (non-hydrogen) atoms. The fourth-order valence-corrected chi connectivity index (χ4v) is 4.96. The third-order valence-corrected chi connectivity index (χ3v) is 6.84. The van der Waals surface area contributed by atoms with Gasteiger partial charge in [0.1, 0.15) is 11.9 Å². The van der Waals surface area contributed by atoms with Gasteiger partial charge in [0.15, 0.2) is 0 Å². The summed E-state index contributed by atoms with van der Waals surface area (Å²) in [5.41, 5.74) is 0.743. The van der Waals surface area contributed by atoms with Gasteiger partial charge in [0.25, 0.3) is 0 Å². The van der Waals surface area contributed by atoms with Gasteiger partial charge in [-0.2, -0.15) is 4.31 Å². The molecule has 1 unspecified atom stereocenters. The number of carbonyl (C=O) groups is 1. The molecule has 0 saturated carbocycles. The maximum Gasteiger partial charge on any atom is 0.243 e. The summed E-state index contributed by atoms with van der Waals surface area (Å²) >= 11 is 1.20. The molecule has 1 aromatic heterocycles. The Bertz CT molecular complexity index is 867. The molecular weight excluding hydrogens is 367 g/mol. The molecule has 1 aliphatic heterocycles. The number of aromatic nitrogens is 2. The topological polar surface area (TPSA) is 92.3 Å². The molecule has 1 aromatic carbocycles. The summed E-state index contributed by atoms with van der Waals surface area (Å²) in [6, 6.07) is 3.85. The Hall–Kier alpha value is -1.91. The Kier molecular flexibility index (Phi) is 5.11. The number of carbonyl (C=O) groups excluding carboxylic acids is 1. The van der Waals surface area contributed by atoms with Gasteiger partial charge in [0, 0.05) is 6.54 Å². The van der Waals surface area contributed by atoms with Crippen LogP contribution >= 0.6 is 11.5 Å². The van der Waals surface area contributed by atoms with Crippen LogP contribution in [-0.2, 0) is 21.4 Å². The number of rotatable bonds is 5. The average Bonchev–Trinajstić information content (AvgIpc) is 3.22. The normalized spacial score (nSPS) is 18.4. The van der Waals surface area contributed by atoms with Crippen molar-refractivity contribution in [3.05, 3.63) is 40.7 Å². The van der Waals surface area contributed by atoms with Crippen LogP contribution in [0.25, 0.3) is 0 Å². The van der Waals surface area contributed by atoms with Crippen LogP contribution in [0.2, 0.25) is 0 Å². The summed E-state index contributed by atoms with van der Waals surface area (Å²) in [4.78, 5) is 13.3. The Morgan fingerprint density at radius 1 is 1.40 bits per heavy atom. The van der Waals surface area contributed by atoms with E-state index in [1.165, 1.54) is 28.0 Å². The number of hydrogen-bond acceptors (Lipinski definition) is 6. The van der Waals surface area contributed by atoms with Gasteiger partial charge in [-0.3, -0.25) is 4.79 Å². The standard InChI is InChI=1S/C15H17FN4O3S2/c1-10-14(24-19-18-10)9-17-15(21)13-3-2-8-20(13)25(22,23)12-6-4-11(16)5-7-12/h4-7,13H,2-3,8-9H2,1H3,(H,17,21). The molecular formula is C15H17FN4O3S2. The lowest BCUT2D eigenvalue weighted by Crippen LogP contribution is -2.45. The van der Waals surface area contributed by atoms with Gasteiger partial charge in [-0.1, -0.05) is 4.49 Å². The first-order chi connectivity index (χ1) is 11.9. The van der Waals surface area contributed by atoms with E-state index in [0.29, 0.717) is 12.8 Å². The Morgan fingerprint density at radius 3 is 2.76 bits per heavy atom. The number of sulfonamides is 1. The van der Waals surface area contributed by atoms with E-state index >= 15 is 0 Å². The van der Waals surface area contributed by atoms with Crippen LogP contribution < -0.4 is 5.32 Å². The van der Waals surface area contributed by atoms with Gasteiger partial charge in [-0.05, 0) is 55.6 Å². The molecule has 1 atom stereocenters. The van der Waals surface area contributed by atoms with Crippen LogP contribution in [0.1, 0.15) is 23.4 Å². The highest BCUT2D eigenvalue weighted by Gasteiger charge is 2.39. The van der Waals surface area contributed by atoms with Crippen LogP contribution in [0, 0.1) is 12.7 Å². The molecule has 134 valence electrons. The lowest BCUT2D eigenvalue weighted by Gasteiger charge is -2.23. The van der Waals surface area contributed by atoms with Crippen molar-refractivity contribution in [1.29, 1.82) is 0 Å². The Morgan fingerprint density at radius 2 is 2.12 bits per heavy atom. The first kappa shape index (κ1) is 17.9. The van der Waals surface area contributed by atoms with Crippen molar-refractivity contribution in [3.8, 4) is 0 Å². The average molecular weight is 384 g/mol. The zero-order valence-corrected chi connectivity index (χ0v) is 15.1. The van der Waals surface area contributed by atoms with Crippen molar-refractivity contribution in [1.82, 2.24) is 19.2 Å². The minimum Gasteiger partial charge on any atom is -0.350 e. The van der Waals surface area contributed by atoms with E-state index in [1.807, 2.05) is 0 Å². The van der Waals surface area contributed by atoms with Crippen molar-refractivity contribution in [2.45, 2.75) is 37.2 Å². The van der Waals surface area contributed by atoms with E-state index in [9.17, 15) is 17.6 Å².